The van der Waals surface area contributed by atoms with Crippen molar-refractivity contribution in [2.75, 3.05) is 6.61 Å². The molecule has 6 aliphatic rings. The van der Waals surface area contributed by atoms with Gasteiger partial charge in [0.15, 0.2) is 17.2 Å². The number of rotatable bonds is 0. The molecule has 1 spiro atoms. The maximum atomic E-state index is 13.5. The second-order valence-electron chi connectivity index (χ2n) is 13.0. The molecule has 35 heavy (non-hydrogen) atoms. The smallest absolute Gasteiger partial charge is 0.172 e. The molecule has 14 atom stereocenters. The highest BCUT2D eigenvalue weighted by Crippen LogP contribution is 2.71. The molecular weight excluding hydrogens is 452 g/mol. The molecule has 2 saturated heterocycles. The van der Waals surface area contributed by atoms with Crippen LogP contribution in [-0.4, -0.2) is 79.8 Å². The number of hydrogen-bond donors (Lipinski definition) is 5. The Labute approximate surface area is 206 Å². The molecule has 6 fully saturated rings. The van der Waals surface area contributed by atoms with E-state index in [1.807, 2.05) is 0 Å². The Hall–Kier alpha value is -0.870. The number of Topliss-reactive ketones (excluding diaryl/α,β-unsaturated/α-hetero) is 1. The predicted octanol–water partition coefficient (Wildman–Crippen LogP) is 0.920. The average molecular weight is 493 g/mol. The van der Waals surface area contributed by atoms with E-state index >= 15 is 0 Å². The van der Waals surface area contributed by atoms with Crippen LogP contribution in [0.15, 0.2) is 12.2 Å². The summed E-state index contributed by atoms with van der Waals surface area (Å²) in [6.07, 6.45) is -2.75. The minimum absolute atomic E-state index is 0.0168. The molecule has 0 aromatic carbocycles. The van der Waals surface area contributed by atoms with Gasteiger partial charge in [-0.05, 0) is 54.8 Å². The zero-order chi connectivity index (χ0) is 25.3. The lowest BCUT2D eigenvalue weighted by atomic mass is 9.41. The van der Waals surface area contributed by atoms with Gasteiger partial charge in [-0.1, -0.05) is 32.9 Å². The minimum Gasteiger partial charge on any atom is -0.390 e. The molecule has 2 heterocycles. The molecule has 0 aromatic heterocycles. The summed E-state index contributed by atoms with van der Waals surface area (Å²) in [5, 5.41) is 54.4. The van der Waals surface area contributed by atoms with Gasteiger partial charge < -0.3 is 35.0 Å². The van der Waals surface area contributed by atoms with E-state index in [0.717, 1.165) is 31.3 Å². The first kappa shape index (κ1) is 24.5. The van der Waals surface area contributed by atoms with Crippen LogP contribution in [0.1, 0.15) is 59.3 Å². The number of aliphatic hydroxyl groups excluding tert-OH is 4. The van der Waals surface area contributed by atoms with Crippen LogP contribution < -0.4 is 0 Å². The molecule has 196 valence electrons. The second kappa shape index (κ2) is 7.37. The van der Waals surface area contributed by atoms with Crippen LogP contribution in [0.5, 0.6) is 0 Å². The quantitative estimate of drug-likeness (QED) is 0.315. The highest BCUT2D eigenvalue weighted by atomic mass is 16.7. The van der Waals surface area contributed by atoms with Crippen molar-refractivity contribution >= 4 is 5.78 Å². The summed E-state index contributed by atoms with van der Waals surface area (Å²) < 4.78 is 13.0. The lowest BCUT2D eigenvalue weighted by molar-refractivity contribution is -0.306. The molecule has 4 aliphatic carbocycles. The van der Waals surface area contributed by atoms with Crippen LogP contribution in [0, 0.1) is 40.4 Å². The van der Waals surface area contributed by atoms with E-state index in [-0.39, 0.29) is 47.5 Å². The molecule has 8 heteroatoms. The minimum atomic E-state index is -2.30. The van der Waals surface area contributed by atoms with Crippen LogP contribution >= 0.6 is 0 Å². The van der Waals surface area contributed by atoms with Crippen molar-refractivity contribution in [2.24, 2.45) is 40.4 Å². The molecule has 6 rings (SSSR count). The van der Waals surface area contributed by atoms with E-state index in [1.165, 1.54) is 0 Å². The molecule has 0 aromatic rings. The number of ether oxygens (including phenoxy) is 2. The molecule has 8 nitrogen and oxygen atoms in total. The maximum Gasteiger partial charge on any atom is 0.172 e. The average Bonchev–Trinajstić information content (AvgIpc) is 3.27. The van der Waals surface area contributed by atoms with Crippen LogP contribution in [0.2, 0.25) is 0 Å². The number of hydrogen-bond acceptors (Lipinski definition) is 8. The highest BCUT2D eigenvalue weighted by molar-refractivity contribution is 5.90. The van der Waals surface area contributed by atoms with Crippen molar-refractivity contribution in [3.63, 3.8) is 0 Å². The van der Waals surface area contributed by atoms with E-state index in [1.54, 1.807) is 6.92 Å². The third-order valence-corrected chi connectivity index (χ3v) is 11.9. The first-order chi connectivity index (χ1) is 16.3. The van der Waals surface area contributed by atoms with Gasteiger partial charge >= 0.3 is 0 Å². The topological polar surface area (TPSA) is 137 Å². The summed E-state index contributed by atoms with van der Waals surface area (Å²) in [6.45, 7) is 10.7. The van der Waals surface area contributed by atoms with Gasteiger partial charge in [0.2, 0.25) is 0 Å². The van der Waals surface area contributed by atoms with Crippen LogP contribution in [0.3, 0.4) is 0 Å². The van der Waals surface area contributed by atoms with Gasteiger partial charge in [-0.25, -0.2) is 0 Å². The molecule has 14 unspecified atom stereocenters. The lowest BCUT2D eigenvalue weighted by Crippen LogP contribution is -2.80. The van der Waals surface area contributed by atoms with Gasteiger partial charge in [0.1, 0.15) is 18.3 Å². The van der Waals surface area contributed by atoms with Gasteiger partial charge in [0.25, 0.3) is 0 Å². The van der Waals surface area contributed by atoms with E-state index in [9.17, 15) is 30.3 Å². The molecule has 4 saturated carbocycles. The summed E-state index contributed by atoms with van der Waals surface area (Å²) >= 11 is 0. The van der Waals surface area contributed by atoms with E-state index < -0.39 is 47.0 Å². The predicted molar refractivity (Wildman–Crippen MR) is 124 cm³/mol. The Bertz CT molecular complexity index is 941. The van der Waals surface area contributed by atoms with Gasteiger partial charge in [0, 0.05) is 24.2 Å². The van der Waals surface area contributed by atoms with Crippen molar-refractivity contribution in [3.8, 4) is 0 Å². The first-order valence-corrected chi connectivity index (χ1v) is 13.3. The van der Waals surface area contributed by atoms with Crippen molar-refractivity contribution in [1.29, 1.82) is 0 Å². The summed E-state index contributed by atoms with van der Waals surface area (Å²) in [5.74, 6) is -0.920. The lowest BCUT2D eigenvalue weighted by Gasteiger charge is -2.65. The fraction of sp³-hybridized carbons (Fsp3) is 0.889. The SMILES string of the molecule is C=C1CCC2(OC1)OC1CC3C4CC(=O)C5(O)C(O)C(O)C(O)C(O)C5(C)C4CCC3(C)C1C2C. The molecule has 5 N–H and O–H groups in total. The number of carbonyl (C=O) groups is 1. The fourth-order valence-electron chi connectivity index (χ4n) is 10.0. The largest absolute Gasteiger partial charge is 0.390 e. The normalized spacial score (nSPS) is 61.8. The molecular formula is C27H40O8. The number of fused-ring (bicyclic) bond motifs is 7. The highest BCUT2D eigenvalue weighted by Gasteiger charge is 2.76. The van der Waals surface area contributed by atoms with Gasteiger partial charge in [0.05, 0.1) is 18.8 Å². The van der Waals surface area contributed by atoms with Crippen molar-refractivity contribution in [1.82, 2.24) is 0 Å². The summed E-state index contributed by atoms with van der Waals surface area (Å²) in [5.41, 5.74) is -2.77. The standard InChI is InChI=1S/C27H40O8/c1-12-5-8-26(34-11-12)13(2)19-17(35-26)10-16-14-9-18(28)27(33)23(32)21(30)20(29)22(31)25(27,4)15(14)6-7-24(16,19)3/h13-17,19-23,29-33H,1,5-11H2,2-4H3. The zero-order valence-corrected chi connectivity index (χ0v) is 20.9. The first-order valence-electron chi connectivity index (χ1n) is 13.3. The van der Waals surface area contributed by atoms with Crippen LogP contribution in [0.4, 0.5) is 0 Å². The molecule has 0 amide bonds. The summed E-state index contributed by atoms with van der Waals surface area (Å²) in [6, 6.07) is 0. The Kier molecular flexibility index (Phi) is 5.15. The Morgan fingerprint density at radius 2 is 1.71 bits per heavy atom. The second-order valence-corrected chi connectivity index (χ2v) is 13.0. The Balaban J connectivity index is 1.34. The summed E-state index contributed by atoms with van der Waals surface area (Å²) in [4.78, 5) is 13.5. The number of ketones is 1. The molecule has 2 aliphatic heterocycles. The zero-order valence-electron chi connectivity index (χ0n) is 20.9. The van der Waals surface area contributed by atoms with E-state index in [0.29, 0.717) is 13.0 Å². The Morgan fingerprint density at radius 1 is 1.03 bits per heavy atom. The number of aliphatic hydroxyl groups is 5. The third kappa shape index (κ3) is 2.70. The van der Waals surface area contributed by atoms with E-state index in [4.69, 9.17) is 9.47 Å². The van der Waals surface area contributed by atoms with Gasteiger partial charge in [-0.2, -0.15) is 0 Å². The Morgan fingerprint density at radius 3 is 2.37 bits per heavy atom. The van der Waals surface area contributed by atoms with E-state index in [2.05, 4.69) is 20.4 Å². The van der Waals surface area contributed by atoms with Crippen molar-refractivity contribution in [3.05, 3.63) is 12.2 Å². The van der Waals surface area contributed by atoms with Crippen molar-refractivity contribution in [2.45, 2.75) is 101 Å². The maximum absolute atomic E-state index is 13.5. The number of carbonyl (C=O) groups excluding carboxylic acids is 1. The van der Waals surface area contributed by atoms with Gasteiger partial charge in [-0.3, -0.25) is 4.79 Å². The van der Waals surface area contributed by atoms with Crippen molar-refractivity contribution < 1.29 is 39.8 Å². The monoisotopic (exact) mass is 492 g/mol. The molecule has 0 radical (unpaired) electrons. The molecule has 0 bridgehead atoms. The van der Waals surface area contributed by atoms with Crippen LogP contribution in [0.25, 0.3) is 0 Å². The third-order valence-electron chi connectivity index (χ3n) is 11.9. The summed E-state index contributed by atoms with van der Waals surface area (Å²) in [7, 11) is 0. The fourth-order valence-corrected chi connectivity index (χ4v) is 10.0. The van der Waals surface area contributed by atoms with Crippen LogP contribution in [-0.2, 0) is 14.3 Å². The van der Waals surface area contributed by atoms with Gasteiger partial charge in [-0.15, -0.1) is 0 Å².